The molecule has 0 atom stereocenters. The van der Waals surface area contributed by atoms with E-state index < -0.39 is 0 Å². The highest BCUT2D eigenvalue weighted by atomic mass is 16.7. The molecule has 0 saturated carbocycles. The van der Waals surface area contributed by atoms with Crippen molar-refractivity contribution in [3.8, 4) is 11.5 Å². The monoisotopic (exact) mass is 344 g/mol. The summed E-state index contributed by atoms with van der Waals surface area (Å²) in [7, 11) is 1.63. The Morgan fingerprint density at radius 2 is 2.08 bits per heavy atom. The van der Waals surface area contributed by atoms with E-state index >= 15 is 0 Å². The van der Waals surface area contributed by atoms with Crippen molar-refractivity contribution in [2.75, 3.05) is 32.4 Å². The molecular weight excluding hydrogens is 324 g/mol. The molecule has 2 N–H and O–H groups in total. The van der Waals surface area contributed by atoms with Crippen LogP contribution in [0, 0.1) is 6.92 Å². The van der Waals surface area contributed by atoms with Crippen LogP contribution in [-0.2, 0) is 4.74 Å². The number of aryl methyl sites for hydroxylation is 1. The van der Waals surface area contributed by atoms with Gasteiger partial charge in [-0.2, -0.15) is 0 Å². The first kappa shape index (κ1) is 17.0. The molecule has 0 fully saturated rings. The number of anilines is 2. The first-order chi connectivity index (χ1) is 12.2. The van der Waals surface area contributed by atoms with Crippen molar-refractivity contribution >= 4 is 17.5 Å². The van der Waals surface area contributed by atoms with Crippen LogP contribution in [0.25, 0.3) is 0 Å². The first-order valence-electron chi connectivity index (χ1n) is 7.95. The number of carbonyl (C=O) groups excluding carboxylic acids is 1. The fourth-order valence-electron chi connectivity index (χ4n) is 2.35. The zero-order valence-electron chi connectivity index (χ0n) is 14.2. The Morgan fingerprint density at radius 3 is 2.92 bits per heavy atom. The second-order valence-corrected chi connectivity index (χ2v) is 5.51. The number of carbonyl (C=O) groups is 1. The third-order valence-electron chi connectivity index (χ3n) is 3.53. The number of hydrogen-bond acceptors (Lipinski definition) is 7. The van der Waals surface area contributed by atoms with Gasteiger partial charge in [0.15, 0.2) is 11.5 Å². The largest absolute Gasteiger partial charge is 0.454 e. The Labute approximate surface area is 145 Å². The topological polar surface area (TPSA) is 94.6 Å². The number of nitrogens with zero attached hydrogens (tertiary/aromatic N) is 2. The van der Waals surface area contributed by atoms with Crippen LogP contribution in [-0.4, -0.2) is 42.9 Å². The average Bonchev–Trinajstić information content (AvgIpc) is 3.06. The summed E-state index contributed by atoms with van der Waals surface area (Å²) in [6, 6.07) is 7.10. The van der Waals surface area contributed by atoms with E-state index in [1.54, 1.807) is 19.2 Å². The Morgan fingerprint density at radius 1 is 1.24 bits per heavy atom. The van der Waals surface area contributed by atoms with E-state index in [9.17, 15) is 4.79 Å². The summed E-state index contributed by atoms with van der Waals surface area (Å²) in [6.07, 6.45) is 0.745. The molecule has 1 aliphatic heterocycles. The summed E-state index contributed by atoms with van der Waals surface area (Å²) >= 11 is 0. The maximum Gasteiger partial charge on any atom is 0.270 e. The molecule has 1 aromatic heterocycles. The van der Waals surface area contributed by atoms with Crippen LogP contribution in [0.15, 0.2) is 24.3 Å². The molecule has 2 aromatic rings. The molecule has 132 valence electrons. The lowest BCUT2D eigenvalue weighted by molar-refractivity contribution is 0.0943. The van der Waals surface area contributed by atoms with Crippen LogP contribution in [0.1, 0.15) is 22.6 Å². The van der Waals surface area contributed by atoms with Gasteiger partial charge in [0.25, 0.3) is 5.91 Å². The Balaban J connectivity index is 1.69. The van der Waals surface area contributed by atoms with E-state index in [1.807, 2.05) is 19.1 Å². The third kappa shape index (κ3) is 4.36. The zero-order valence-corrected chi connectivity index (χ0v) is 14.2. The second-order valence-electron chi connectivity index (χ2n) is 5.51. The highest BCUT2D eigenvalue weighted by molar-refractivity contribution is 5.92. The molecule has 1 aromatic carbocycles. The van der Waals surface area contributed by atoms with Gasteiger partial charge >= 0.3 is 0 Å². The van der Waals surface area contributed by atoms with E-state index in [4.69, 9.17) is 14.2 Å². The molecule has 0 radical (unpaired) electrons. The lowest BCUT2D eigenvalue weighted by atomic mass is 10.3. The third-order valence-corrected chi connectivity index (χ3v) is 3.53. The molecule has 1 amide bonds. The minimum Gasteiger partial charge on any atom is -0.454 e. The molecule has 3 rings (SSSR count). The molecular formula is C17H20N4O4. The van der Waals surface area contributed by atoms with Crippen molar-refractivity contribution in [3.05, 3.63) is 35.7 Å². The summed E-state index contributed by atoms with van der Waals surface area (Å²) in [5.74, 6) is 1.47. The second kappa shape index (κ2) is 7.80. The van der Waals surface area contributed by atoms with Crippen molar-refractivity contribution in [2.24, 2.45) is 0 Å². The maximum absolute atomic E-state index is 12.2. The normalized spacial score (nSPS) is 12.1. The molecule has 2 heterocycles. The van der Waals surface area contributed by atoms with Gasteiger partial charge in [0.1, 0.15) is 5.69 Å². The van der Waals surface area contributed by atoms with Gasteiger partial charge in [-0.1, -0.05) is 0 Å². The standard InChI is InChI=1S/C17H20N4O4/c1-11-8-13(16(22)18-6-3-7-23-2)21-17(19-11)20-12-4-5-14-15(9-12)25-10-24-14/h4-5,8-9H,3,6-7,10H2,1-2H3,(H,18,22)(H,19,20,21). The van der Waals surface area contributed by atoms with E-state index in [-0.39, 0.29) is 12.7 Å². The van der Waals surface area contributed by atoms with Gasteiger partial charge in [-0.3, -0.25) is 4.79 Å². The first-order valence-corrected chi connectivity index (χ1v) is 7.95. The molecule has 1 aliphatic rings. The van der Waals surface area contributed by atoms with Gasteiger partial charge < -0.3 is 24.8 Å². The van der Waals surface area contributed by atoms with Crippen LogP contribution in [0.5, 0.6) is 11.5 Å². The number of nitrogens with one attached hydrogen (secondary N) is 2. The lowest BCUT2D eigenvalue weighted by Gasteiger charge is -2.09. The van der Waals surface area contributed by atoms with E-state index in [0.29, 0.717) is 42.0 Å². The van der Waals surface area contributed by atoms with Gasteiger partial charge in [-0.15, -0.1) is 0 Å². The van der Waals surface area contributed by atoms with Crippen molar-refractivity contribution in [2.45, 2.75) is 13.3 Å². The van der Waals surface area contributed by atoms with Gasteiger partial charge in [0, 0.05) is 37.7 Å². The van der Waals surface area contributed by atoms with E-state index in [2.05, 4.69) is 20.6 Å². The summed E-state index contributed by atoms with van der Waals surface area (Å²) in [5.41, 5.74) is 1.76. The summed E-state index contributed by atoms with van der Waals surface area (Å²) < 4.78 is 15.6. The van der Waals surface area contributed by atoms with Crippen molar-refractivity contribution in [3.63, 3.8) is 0 Å². The number of ether oxygens (including phenoxy) is 3. The van der Waals surface area contributed by atoms with Crippen LogP contribution < -0.4 is 20.1 Å². The fraction of sp³-hybridized carbons (Fsp3) is 0.353. The van der Waals surface area contributed by atoms with Gasteiger partial charge in [0.05, 0.1) is 0 Å². The minimum absolute atomic E-state index is 0.215. The summed E-state index contributed by atoms with van der Waals surface area (Å²) in [6.45, 7) is 3.15. The number of amides is 1. The predicted octanol–water partition coefficient (Wildman–Crippen LogP) is 2.02. The van der Waals surface area contributed by atoms with Crippen LogP contribution in [0.2, 0.25) is 0 Å². The number of aromatic nitrogens is 2. The van der Waals surface area contributed by atoms with E-state index in [0.717, 1.165) is 12.1 Å². The lowest BCUT2D eigenvalue weighted by Crippen LogP contribution is -2.26. The van der Waals surface area contributed by atoms with Crippen LogP contribution >= 0.6 is 0 Å². The number of hydrogen-bond donors (Lipinski definition) is 2. The van der Waals surface area contributed by atoms with Gasteiger partial charge in [-0.25, -0.2) is 9.97 Å². The number of methoxy groups -OCH3 is 1. The molecule has 0 saturated heterocycles. The summed E-state index contributed by atoms with van der Waals surface area (Å²) in [5, 5.41) is 5.90. The SMILES string of the molecule is COCCCNC(=O)c1cc(C)nc(Nc2ccc3c(c2)OCO3)n1. The summed E-state index contributed by atoms with van der Waals surface area (Å²) in [4.78, 5) is 20.8. The van der Waals surface area contributed by atoms with Crippen molar-refractivity contribution in [1.29, 1.82) is 0 Å². The van der Waals surface area contributed by atoms with Crippen LogP contribution in [0.3, 0.4) is 0 Å². The molecule has 0 aliphatic carbocycles. The fourth-order valence-corrected chi connectivity index (χ4v) is 2.35. The smallest absolute Gasteiger partial charge is 0.270 e. The quantitative estimate of drug-likeness (QED) is 0.742. The Hall–Kier alpha value is -2.87. The predicted molar refractivity (Wildman–Crippen MR) is 91.4 cm³/mol. The maximum atomic E-state index is 12.2. The van der Waals surface area contributed by atoms with Crippen molar-refractivity contribution < 1.29 is 19.0 Å². The highest BCUT2D eigenvalue weighted by Crippen LogP contribution is 2.34. The molecule has 0 unspecified atom stereocenters. The highest BCUT2D eigenvalue weighted by Gasteiger charge is 2.14. The van der Waals surface area contributed by atoms with Gasteiger partial charge in [0.2, 0.25) is 12.7 Å². The Kier molecular flexibility index (Phi) is 5.30. The zero-order chi connectivity index (χ0) is 17.6. The van der Waals surface area contributed by atoms with Crippen molar-refractivity contribution in [1.82, 2.24) is 15.3 Å². The number of rotatable bonds is 7. The van der Waals surface area contributed by atoms with Gasteiger partial charge in [-0.05, 0) is 31.5 Å². The van der Waals surface area contributed by atoms with Crippen LogP contribution in [0.4, 0.5) is 11.6 Å². The number of benzene rings is 1. The molecule has 8 heteroatoms. The minimum atomic E-state index is -0.240. The Bertz CT molecular complexity index is 766. The average molecular weight is 344 g/mol. The molecule has 25 heavy (non-hydrogen) atoms. The van der Waals surface area contributed by atoms with E-state index in [1.165, 1.54) is 0 Å². The molecule has 8 nitrogen and oxygen atoms in total. The number of fused-ring (bicyclic) bond motifs is 1. The molecule has 0 bridgehead atoms. The molecule has 0 spiro atoms.